The van der Waals surface area contributed by atoms with Gasteiger partial charge in [-0.15, -0.1) is 0 Å². The van der Waals surface area contributed by atoms with Crippen molar-refractivity contribution >= 4 is 23.4 Å². The monoisotopic (exact) mass is 328 g/mol. The topological polar surface area (TPSA) is 145 Å². The van der Waals surface area contributed by atoms with E-state index in [9.17, 15) is 9.59 Å². The highest BCUT2D eigenvalue weighted by molar-refractivity contribution is 5.91. The van der Waals surface area contributed by atoms with Gasteiger partial charge in [-0.05, 0) is 60.4 Å². The van der Waals surface area contributed by atoms with Crippen LogP contribution in [-0.4, -0.2) is 12.1 Å². The zero-order valence-electron chi connectivity index (χ0n) is 13.5. The van der Waals surface area contributed by atoms with Crippen LogP contribution in [0.4, 0.5) is 21.0 Å². The molecule has 4 amide bonds. The second-order valence-corrected chi connectivity index (χ2v) is 5.41. The van der Waals surface area contributed by atoms with E-state index >= 15 is 0 Å². The van der Waals surface area contributed by atoms with Crippen molar-refractivity contribution in [1.82, 2.24) is 0 Å². The Hall–Kier alpha value is -3.10. The van der Waals surface area contributed by atoms with Crippen LogP contribution in [0.1, 0.15) is 11.1 Å². The van der Waals surface area contributed by atoms with E-state index in [1.807, 2.05) is 26.0 Å². The molecule has 0 heterocycles. The Balaban J connectivity index is 2.42. The molecular formula is C16H20N6O2. The Kier molecular flexibility index (Phi) is 4.72. The van der Waals surface area contributed by atoms with Crippen molar-refractivity contribution in [2.24, 2.45) is 23.2 Å². The zero-order valence-corrected chi connectivity index (χ0v) is 13.5. The fourth-order valence-corrected chi connectivity index (χ4v) is 2.45. The maximum Gasteiger partial charge on any atom is 0.333 e. The Labute approximate surface area is 139 Å². The quantitative estimate of drug-likeness (QED) is 0.384. The van der Waals surface area contributed by atoms with Crippen molar-refractivity contribution in [2.75, 3.05) is 10.0 Å². The molecule has 0 aliphatic rings. The second-order valence-electron chi connectivity index (χ2n) is 5.41. The lowest BCUT2D eigenvalue weighted by Gasteiger charge is -2.18. The summed E-state index contributed by atoms with van der Waals surface area (Å²) in [6.45, 7) is 3.80. The number of benzene rings is 2. The summed E-state index contributed by atoms with van der Waals surface area (Å²) in [5.74, 6) is 11.2. The average molecular weight is 328 g/mol. The second kappa shape index (κ2) is 6.57. The highest BCUT2D eigenvalue weighted by Crippen LogP contribution is 2.31. The number of nitrogens with zero attached hydrogens (tertiary/aromatic N) is 2. The first-order valence-corrected chi connectivity index (χ1v) is 7.12. The average Bonchev–Trinajstić information content (AvgIpc) is 2.53. The van der Waals surface area contributed by atoms with Crippen LogP contribution < -0.4 is 33.2 Å². The molecule has 126 valence electrons. The molecule has 0 fully saturated rings. The van der Waals surface area contributed by atoms with E-state index < -0.39 is 12.1 Å². The number of primary amides is 2. The van der Waals surface area contributed by atoms with Gasteiger partial charge < -0.3 is 11.5 Å². The first kappa shape index (κ1) is 17.3. The summed E-state index contributed by atoms with van der Waals surface area (Å²) in [6, 6.07) is 9.18. The van der Waals surface area contributed by atoms with Crippen LogP contribution in [0.15, 0.2) is 36.4 Å². The molecule has 0 aliphatic carbocycles. The van der Waals surface area contributed by atoms with E-state index in [-0.39, 0.29) is 0 Å². The van der Waals surface area contributed by atoms with E-state index in [0.29, 0.717) is 11.4 Å². The van der Waals surface area contributed by atoms with Gasteiger partial charge >= 0.3 is 12.1 Å². The van der Waals surface area contributed by atoms with Crippen molar-refractivity contribution in [2.45, 2.75) is 13.8 Å². The van der Waals surface area contributed by atoms with Gasteiger partial charge in [0, 0.05) is 0 Å². The maximum atomic E-state index is 11.1. The van der Waals surface area contributed by atoms with Crippen molar-refractivity contribution < 1.29 is 9.59 Å². The van der Waals surface area contributed by atoms with Gasteiger partial charge in [0.25, 0.3) is 0 Å². The number of anilines is 2. The predicted molar refractivity (Wildman–Crippen MR) is 93.9 cm³/mol. The minimum absolute atomic E-state index is 0.500. The number of aryl methyl sites for hydroxylation is 2. The molecule has 0 unspecified atom stereocenters. The zero-order chi connectivity index (χ0) is 18.0. The fraction of sp³-hybridized carbons (Fsp3) is 0.125. The molecule has 0 aromatic heterocycles. The molecule has 0 saturated heterocycles. The van der Waals surface area contributed by atoms with Crippen molar-refractivity contribution in [3.63, 3.8) is 0 Å². The Morgan fingerprint density at radius 2 is 1.08 bits per heavy atom. The summed E-state index contributed by atoms with van der Waals surface area (Å²) >= 11 is 0. The molecule has 0 saturated carbocycles. The van der Waals surface area contributed by atoms with Crippen molar-refractivity contribution in [3.05, 3.63) is 47.5 Å². The number of carbonyl (C=O) groups is 2. The van der Waals surface area contributed by atoms with Crippen LogP contribution in [0.25, 0.3) is 11.1 Å². The fourth-order valence-electron chi connectivity index (χ4n) is 2.45. The van der Waals surface area contributed by atoms with Crippen LogP contribution in [-0.2, 0) is 0 Å². The van der Waals surface area contributed by atoms with Crippen molar-refractivity contribution in [1.29, 1.82) is 0 Å². The molecular weight excluding hydrogens is 308 g/mol. The molecule has 2 aromatic rings. The first-order chi connectivity index (χ1) is 11.2. The predicted octanol–water partition coefficient (Wildman–Crippen LogP) is 1.49. The summed E-state index contributed by atoms with van der Waals surface area (Å²) in [7, 11) is 0. The summed E-state index contributed by atoms with van der Waals surface area (Å²) in [5.41, 5.74) is 15.1. The van der Waals surface area contributed by atoms with Gasteiger partial charge in [0.15, 0.2) is 0 Å². The SMILES string of the molecule is Cc1cc(N(N)C(N)=O)ccc1-c1ccc(N(N)C(N)=O)cc1C. The van der Waals surface area contributed by atoms with Gasteiger partial charge in [-0.3, -0.25) is 0 Å². The summed E-state index contributed by atoms with van der Waals surface area (Å²) < 4.78 is 0. The van der Waals surface area contributed by atoms with Gasteiger partial charge in [0.05, 0.1) is 11.4 Å². The molecule has 0 aliphatic heterocycles. The number of rotatable bonds is 3. The van der Waals surface area contributed by atoms with Crippen LogP contribution in [0.2, 0.25) is 0 Å². The largest absolute Gasteiger partial charge is 0.350 e. The molecule has 2 rings (SSSR count). The van der Waals surface area contributed by atoms with E-state index in [4.69, 9.17) is 23.2 Å². The Morgan fingerprint density at radius 3 is 1.33 bits per heavy atom. The van der Waals surface area contributed by atoms with E-state index in [1.54, 1.807) is 24.3 Å². The summed E-state index contributed by atoms with van der Waals surface area (Å²) in [5, 5.41) is 1.76. The van der Waals surface area contributed by atoms with Crippen LogP contribution >= 0.6 is 0 Å². The van der Waals surface area contributed by atoms with Gasteiger partial charge in [-0.2, -0.15) is 0 Å². The highest BCUT2D eigenvalue weighted by atomic mass is 16.2. The highest BCUT2D eigenvalue weighted by Gasteiger charge is 2.13. The lowest BCUT2D eigenvalue weighted by molar-refractivity contribution is 0.253. The number of amides is 4. The Bertz CT molecular complexity index is 738. The lowest BCUT2D eigenvalue weighted by Crippen LogP contribution is -2.41. The third-order valence-electron chi connectivity index (χ3n) is 3.74. The molecule has 0 spiro atoms. The molecule has 8 heteroatoms. The normalized spacial score (nSPS) is 10.3. The van der Waals surface area contributed by atoms with Gasteiger partial charge in [0.1, 0.15) is 0 Å². The van der Waals surface area contributed by atoms with Crippen molar-refractivity contribution in [3.8, 4) is 11.1 Å². The van der Waals surface area contributed by atoms with Gasteiger partial charge in [0.2, 0.25) is 0 Å². The van der Waals surface area contributed by atoms with Gasteiger partial charge in [-0.1, -0.05) is 12.1 Å². The third-order valence-corrected chi connectivity index (χ3v) is 3.74. The third kappa shape index (κ3) is 3.29. The number of hydrazine groups is 2. The summed E-state index contributed by atoms with van der Waals surface area (Å²) in [6.07, 6.45) is 0. The van der Waals surface area contributed by atoms with Crippen LogP contribution in [0, 0.1) is 13.8 Å². The number of urea groups is 2. The van der Waals surface area contributed by atoms with Crippen LogP contribution in [0.5, 0.6) is 0 Å². The smallest absolute Gasteiger partial charge is 0.333 e. The molecule has 0 atom stereocenters. The molecule has 24 heavy (non-hydrogen) atoms. The number of hydrogen-bond acceptors (Lipinski definition) is 4. The molecule has 0 radical (unpaired) electrons. The van der Waals surface area contributed by atoms with E-state index in [0.717, 1.165) is 32.3 Å². The minimum atomic E-state index is -0.739. The lowest BCUT2D eigenvalue weighted by atomic mass is 9.95. The van der Waals surface area contributed by atoms with Gasteiger partial charge in [-0.25, -0.2) is 31.3 Å². The number of carbonyl (C=O) groups excluding carboxylic acids is 2. The minimum Gasteiger partial charge on any atom is -0.350 e. The summed E-state index contributed by atoms with van der Waals surface area (Å²) in [4.78, 5) is 22.3. The van der Waals surface area contributed by atoms with E-state index in [1.165, 1.54) is 0 Å². The van der Waals surface area contributed by atoms with E-state index in [2.05, 4.69) is 0 Å². The number of hydrogen-bond donors (Lipinski definition) is 4. The maximum absolute atomic E-state index is 11.1. The Morgan fingerprint density at radius 1 is 0.750 bits per heavy atom. The molecule has 2 aromatic carbocycles. The standard InChI is InChI=1S/C16H20N6O2/c1-9-7-11(21(19)15(17)23)3-5-13(9)14-6-4-12(8-10(14)2)22(20)16(18)24/h3-8H,19-20H2,1-2H3,(H2,17,23)(H2,18,24). The molecule has 8 N–H and O–H groups in total. The molecule has 0 bridgehead atoms. The number of nitrogens with two attached hydrogens (primary N) is 4. The molecule has 8 nitrogen and oxygen atoms in total. The van der Waals surface area contributed by atoms with Crippen LogP contribution in [0.3, 0.4) is 0 Å². The first-order valence-electron chi connectivity index (χ1n) is 7.12.